The largest absolute Gasteiger partial charge is 0.443 e. The molecule has 10 atom stereocenters. The summed E-state index contributed by atoms with van der Waals surface area (Å²) in [6, 6.07) is 13.1. The van der Waals surface area contributed by atoms with Gasteiger partial charge in [0.05, 0.1) is 102 Å². The number of anilines is 7. The second kappa shape index (κ2) is 44.7. The van der Waals surface area contributed by atoms with Crippen molar-refractivity contribution in [1.82, 2.24) is 67.5 Å². The first-order valence-electron chi connectivity index (χ1n) is 46.0. The number of hydrogen-bond acceptors (Lipinski definition) is 30. The minimum atomic E-state index is -0.720. The first-order valence-corrected chi connectivity index (χ1v) is 47.1. The van der Waals surface area contributed by atoms with E-state index in [0.717, 1.165) is 83.7 Å². The molecule has 16 rings (SSSR count). The van der Waals surface area contributed by atoms with Crippen LogP contribution in [0.3, 0.4) is 0 Å². The molecule has 43 heteroatoms. The summed E-state index contributed by atoms with van der Waals surface area (Å²) in [5.41, 5.74) is 5.76. The molecule has 4 amide bonds. The van der Waals surface area contributed by atoms with Crippen molar-refractivity contribution < 1.29 is 86.1 Å². The van der Waals surface area contributed by atoms with Crippen LogP contribution in [0.15, 0.2) is 95.3 Å². The Morgan fingerprint density at radius 3 is 1.02 bits per heavy atom. The third kappa shape index (κ3) is 25.9. The number of pyridine rings is 2. The highest BCUT2D eigenvalue weighted by molar-refractivity contribution is 6.30. The van der Waals surface area contributed by atoms with Crippen molar-refractivity contribution in [2.24, 2.45) is 23.7 Å². The lowest BCUT2D eigenvalue weighted by atomic mass is 9.78. The molecule has 746 valence electrons. The van der Waals surface area contributed by atoms with E-state index in [-0.39, 0.29) is 127 Å². The van der Waals surface area contributed by atoms with Gasteiger partial charge in [0, 0.05) is 125 Å². The summed E-state index contributed by atoms with van der Waals surface area (Å²) in [5.74, 6) is 1.78. The molecule has 2 aliphatic heterocycles. The number of methoxy groups -OCH3 is 3. The Morgan fingerprint density at radius 2 is 0.739 bits per heavy atom. The van der Waals surface area contributed by atoms with Crippen LogP contribution in [0.4, 0.5) is 59.6 Å². The maximum absolute atomic E-state index is 13.4. The zero-order valence-electron chi connectivity index (χ0n) is 81.5. The van der Waals surface area contributed by atoms with Gasteiger partial charge in [0.2, 0.25) is 0 Å². The first-order chi connectivity index (χ1) is 65.1. The van der Waals surface area contributed by atoms with Gasteiger partial charge in [-0.05, 0) is 208 Å². The van der Waals surface area contributed by atoms with Crippen molar-refractivity contribution in [2.45, 2.75) is 245 Å². The fourth-order valence-electron chi connectivity index (χ4n) is 16.4. The molecule has 4 aliphatic carbocycles. The molecule has 0 aromatic carbocycles. The highest BCUT2D eigenvalue weighted by Gasteiger charge is 2.40. The maximum atomic E-state index is 13.4. The van der Waals surface area contributed by atoms with Gasteiger partial charge in [0.1, 0.15) is 72.6 Å². The van der Waals surface area contributed by atoms with E-state index >= 15 is 0 Å². The molecule has 2 saturated heterocycles. The van der Waals surface area contributed by atoms with Gasteiger partial charge < -0.3 is 67.9 Å². The molecule has 0 bridgehead atoms. The molecule has 12 heterocycles. The number of nitrogen functional groups attached to an aromatic ring is 1. The summed E-state index contributed by atoms with van der Waals surface area (Å²) in [7, 11) is 11.2. The van der Waals surface area contributed by atoms with Crippen LogP contribution < -0.4 is 41.8 Å². The number of aliphatic hydroxyl groups is 1. The fourth-order valence-corrected chi connectivity index (χ4v) is 16.9. The van der Waals surface area contributed by atoms with E-state index in [0.29, 0.717) is 107 Å². The molecular weight excluding hydrogens is 1850 g/mol. The van der Waals surface area contributed by atoms with Crippen molar-refractivity contribution in [3.8, 4) is 0 Å². The number of ketones is 4. The Hall–Kier alpha value is -11.6. The lowest BCUT2D eigenvalue weighted by Crippen LogP contribution is -2.35. The van der Waals surface area contributed by atoms with Crippen molar-refractivity contribution in [3.63, 3.8) is 0 Å². The number of ether oxygens (including phenoxy) is 9. The normalized spacial score (nSPS) is 20.1. The Kier molecular flexibility index (Phi) is 34.1. The molecule has 4 saturated carbocycles. The van der Waals surface area contributed by atoms with Gasteiger partial charge >= 0.3 is 24.4 Å². The topological polar surface area (TPSA) is 456 Å². The number of nitrogens with one attached hydrogen (secondary N) is 1. The zero-order chi connectivity index (χ0) is 100. The lowest BCUT2D eigenvalue weighted by Gasteiger charge is -2.34. The van der Waals surface area contributed by atoms with Crippen LogP contribution in [0.1, 0.15) is 239 Å². The van der Waals surface area contributed by atoms with Gasteiger partial charge in [-0.15, -0.1) is 0 Å². The molecule has 0 radical (unpaired) electrons. The molecule has 40 nitrogen and oxygen atoms in total. The third-order valence-corrected chi connectivity index (χ3v) is 25.0. The number of carbonyl (C=O) groups is 8. The molecule has 4 N–H and O–H groups in total. The van der Waals surface area contributed by atoms with E-state index in [4.69, 9.17) is 83.2 Å². The Morgan fingerprint density at radius 1 is 0.435 bits per heavy atom. The Balaban J connectivity index is 0.000000159. The van der Waals surface area contributed by atoms with Gasteiger partial charge in [-0.25, -0.2) is 39.1 Å². The van der Waals surface area contributed by atoms with E-state index in [1.54, 1.807) is 177 Å². The number of nitrogens with zero attached hydrogens (tertiary/aromatic N) is 18. The van der Waals surface area contributed by atoms with Crippen molar-refractivity contribution in [1.29, 1.82) is 0 Å². The summed E-state index contributed by atoms with van der Waals surface area (Å²) in [6.07, 6.45) is 19.2. The quantitative estimate of drug-likeness (QED) is 0.0304. The van der Waals surface area contributed by atoms with E-state index in [1.807, 2.05) is 0 Å². The van der Waals surface area contributed by atoms with Crippen molar-refractivity contribution in [3.05, 3.63) is 144 Å². The predicted octanol–water partition coefficient (Wildman–Crippen LogP) is 15.7. The number of nitrogens with two attached hydrogens (primary N) is 1. The smallest absolute Gasteiger partial charge is 0.415 e. The summed E-state index contributed by atoms with van der Waals surface area (Å²) in [6.45, 7) is 23.9. The first kappa shape index (κ1) is 105. The van der Waals surface area contributed by atoms with Crippen LogP contribution in [0.5, 0.6) is 0 Å². The number of Topliss-reactive ketones (excluding diaryl/α,β-unsaturated/α-hetero) is 4. The van der Waals surface area contributed by atoms with Crippen LogP contribution in [-0.2, 0) is 42.6 Å². The summed E-state index contributed by atoms with van der Waals surface area (Å²) >= 11 is 18.5. The number of carbonyl (C=O) groups excluding carboxylic acids is 8. The molecule has 138 heavy (non-hydrogen) atoms. The van der Waals surface area contributed by atoms with Gasteiger partial charge in [-0.1, -0.05) is 34.8 Å². The lowest BCUT2D eigenvalue weighted by molar-refractivity contribution is -0.0171. The molecular formula is C95H125Cl3N20O20. The third-order valence-electron chi connectivity index (χ3n) is 24.4. The summed E-state index contributed by atoms with van der Waals surface area (Å²) in [5, 5.41) is 30.4. The number of amides is 4. The number of rotatable bonds is 23. The number of aromatic nitrogens is 14. The highest BCUT2D eigenvalue weighted by atomic mass is 35.5. The minimum absolute atomic E-state index is 0.0319. The number of aliphatic hydroxyl groups excluding tert-OH is 1. The van der Waals surface area contributed by atoms with Crippen LogP contribution in [0, 0.1) is 23.7 Å². The van der Waals surface area contributed by atoms with Crippen LogP contribution >= 0.6 is 34.8 Å². The number of halogens is 3. The summed E-state index contributed by atoms with van der Waals surface area (Å²) < 4.78 is 57.9. The maximum Gasteiger partial charge on any atom is 0.415 e. The van der Waals surface area contributed by atoms with Gasteiger partial charge in [-0.2, -0.15) is 38.5 Å². The molecule has 6 aliphatic rings. The standard InChI is InChI=1S/C29H38N6O6.2C19H25ClN4O4.C18H23ClN4O4.C10H14N2O2/c1-29(2,3)41-28(38)33(4)25-15-24(31-21-9-6-12-34(27(21)37)19-8-7-13-40-17-19)32-26-20(16-30-35(25)26)22(36)14-18-10-11-23(18)39-5;2*1-19(2,3)28-18(26)23(4)16-9-15(20)22-17-12(10-21-24(16)17)13(25)8-11-6-7-14(11)27-5;1-18(2,3)27-17(26)22(4)15-8-14(19)21-16-11(9-20-23(15)16)13(25)7-10-5-6-12(10)24;11-9-4-1-5-12(10(9)13)8-3-2-6-14-7-8/h6,9,12,15-16,18-19,23H,7-8,10-11,13-14,17H2,1-5H3,(H,31,32);2*9-11,14H,6-8H2,1-5H3;8-10,12,24H,5-7H2,1-4H3;1,4-5,8H,2-3,6-7,11H2/t18-,19+,23+;2*11-,14+;10-,12+;8-/m00001/s1. The van der Waals surface area contributed by atoms with Crippen LogP contribution in [-0.4, -0.2) is 243 Å². The second-order valence-electron chi connectivity index (χ2n) is 39.1. The second-order valence-corrected chi connectivity index (χ2v) is 40.2. The molecule has 0 unspecified atom stereocenters. The monoisotopic (exact) mass is 1970 g/mol. The Bertz CT molecular complexity index is 6060. The molecule has 10 aromatic heterocycles. The van der Waals surface area contributed by atoms with E-state index in [1.165, 1.54) is 87.7 Å². The zero-order valence-corrected chi connectivity index (χ0v) is 83.7. The van der Waals surface area contributed by atoms with Gasteiger partial charge in [-0.3, -0.25) is 48.4 Å². The highest BCUT2D eigenvalue weighted by Crippen LogP contribution is 2.40. The van der Waals surface area contributed by atoms with Crippen molar-refractivity contribution in [2.75, 3.05) is 107 Å². The summed E-state index contributed by atoms with van der Waals surface area (Å²) in [4.78, 5) is 150. The fraction of sp³-hybridized carbons (Fsp3) is 0.558. The molecule has 10 aromatic rings. The van der Waals surface area contributed by atoms with E-state index in [2.05, 4.69) is 45.6 Å². The molecule has 0 spiro atoms. The van der Waals surface area contributed by atoms with Gasteiger partial charge in [0.25, 0.3) is 11.1 Å². The van der Waals surface area contributed by atoms with Crippen molar-refractivity contribution >= 4 is 145 Å². The number of hydrogen-bond donors (Lipinski definition) is 3. The van der Waals surface area contributed by atoms with E-state index in [9.17, 15) is 53.1 Å². The SMILES string of the molecule is CN(C(=O)OC(C)(C)C)c1cc(Cl)nc2c(C(=O)C[C@@H]3CC[C@H]3O)cnn12.CO[C@@H]1CC[C@H]1CC(=O)c1cnn2c(N(C)C(=O)OC(C)(C)C)cc(Cl)nc12.CO[C@@H]1CC[C@H]1CC(=O)c1cnn2c(N(C)C(=O)OC(C)(C)C)cc(Cl)nc12.CO[C@@H]1CC[C@H]1CC(=O)c1cnn2c(N(C)C(=O)OC(C)(C)C)cc(Nc3cccn([C@@H]4CCCOC4)c3=O)nc12.Nc1cccn([C@@H]2CCCOC2)c1=O. The average molecular weight is 1970 g/mol. The predicted molar refractivity (Wildman–Crippen MR) is 518 cm³/mol. The average Bonchev–Trinajstić information content (AvgIpc) is 1.62. The van der Waals surface area contributed by atoms with E-state index < -0.39 is 52.9 Å². The van der Waals surface area contributed by atoms with Crippen LogP contribution in [0.25, 0.3) is 22.6 Å². The Labute approximate surface area is 813 Å². The minimum Gasteiger partial charge on any atom is -0.443 e. The molecule has 6 fully saturated rings. The van der Waals surface area contributed by atoms with Gasteiger partial charge in [0.15, 0.2) is 45.7 Å². The number of fused-ring (bicyclic) bond motifs is 4. The van der Waals surface area contributed by atoms with Crippen LogP contribution in [0.2, 0.25) is 15.5 Å².